The average molecular weight is 210 g/mol. The Morgan fingerprint density at radius 3 is 2.40 bits per heavy atom. The summed E-state index contributed by atoms with van der Waals surface area (Å²) < 4.78 is 0. The molecular weight excluding hydrogens is 188 g/mol. The van der Waals surface area contributed by atoms with Gasteiger partial charge in [0.2, 0.25) is 0 Å². The molecule has 0 saturated carbocycles. The van der Waals surface area contributed by atoms with Crippen molar-refractivity contribution in [3.8, 4) is 0 Å². The number of hydrogen-bond acceptors (Lipinski definition) is 2. The van der Waals surface area contributed by atoms with Crippen LogP contribution in [-0.4, -0.2) is 45.0 Å². The number of nitrogens with two attached hydrogens (primary N) is 1. The fourth-order valence-electron chi connectivity index (χ4n) is 4.15. The van der Waals surface area contributed by atoms with Gasteiger partial charge in [-0.15, -0.1) is 0 Å². The van der Waals surface area contributed by atoms with Crippen molar-refractivity contribution in [3.05, 3.63) is 0 Å². The fraction of sp³-hybridized carbons (Fsp3) is 0.909. The average Bonchev–Trinajstić information content (AvgIpc) is 2.47. The summed E-state index contributed by atoms with van der Waals surface area (Å²) in [4.78, 5) is 3.59. The molecule has 4 heterocycles. The van der Waals surface area contributed by atoms with Crippen LogP contribution in [0.4, 0.5) is 0 Å². The molecule has 0 aromatic carbocycles. The van der Waals surface area contributed by atoms with Gasteiger partial charge in [-0.25, -0.2) is 0 Å². The zero-order valence-electron chi connectivity index (χ0n) is 9.55. The van der Waals surface area contributed by atoms with E-state index in [0.29, 0.717) is 11.3 Å². The minimum Gasteiger partial charge on any atom is -0.329 e. The van der Waals surface area contributed by atoms with Crippen molar-refractivity contribution >= 4 is 5.71 Å². The predicted molar refractivity (Wildman–Crippen MR) is 59.0 cm³/mol. The van der Waals surface area contributed by atoms with Gasteiger partial charge in [0.05, 0.1) is 37.8 Å². The second-order valence-corrected chi connectivity index (χ2v) is 5.61. The summed E-state index contributed by atoms with van der Waals surface area (Å²) in [6.45, 7) is 10.1. The number of hydrazone groups is 1. The van der Waals surface area contributed by atoms with E-state index in [9.17, 15) is 0 Å². The monoisotopic (exact) mass is 210 g/mol. The maximum absolute atomic E-state index is 5.64. The summed E-state index contributed by atoms with van der Waals surface area (Å²) in [6, 6.07) is 0. The van der Waals surface area contributed by atoms with Gasteiger partial charge in [-0.1, -0.05) is 6.92 Å². The van der Waals surface area contributed by atoms with E-state index in [0.717, 1.165) is 0 Å². The van der Waals surface area contributed by atoms with Crippen molar-refractivity contribution in [3.63, 3.8) is 0 Å². The van der Waals surface area contributed by atoms with Gasteiger partial charge in [-0.05, 0) is 6.42 Å². The third-order valence-electron chi connectivity index (χ3n) is 4.82. The van der Waals surface area contributed by atoms with Gasteiger partial charge in [0, 0.05) is 0 Å². The Balaban J connectivity index is 2.04. The van der Waals surface area contributed by atoms with Gasteiger partial charge < -0.3 is 15.6 Å². The molecule has 4 bridgehead atoms. The van der Waals surface area contributed by atoms with E-state index in [-0.39, 0.29) is 0 Å². The van der Waals surface area contributed by atoms with E-state index in [1.54, 1.807) is 9.80 Å². The molecule has 0 aliphatic carbocycles. The summed E-state index contributed by atoms with van der Waals surface area (Å²) >= 11 is 0. The van der Waals surface area contributed by atoms with E-state index >= 15 is 0 Å². The van der Waals surface area contributed by atoms with Crippen molar-refractivity contribution < 1.29 is 9.80 Å². The SMILES string of the molecule is CCC12C[NH+]3CC[NH+](CC(C3)/C1=N/N)C2. The molecule has 4 saturated heterocycles. The van der Waals surface area contributed by atoms with Crippen LogP contribution >= 0.6 is 0 Å². The lowest BCUT2D eigenvalue weighted by Gasteiger charge is -2.45. The molecule has 0 radical (unpaired) electrons. The number of nitrogens with zero attached hydrogens (tertiary/aromatic N) is 1. The topological polar surface area (TPSA) is 47.3 Å². The van der Waals surface area contributed by atoms with Crippen LogP contribution in [0, 0.1) is 11.3 Å². The molecule has 84 valence electrons. The van der Waals surface area contributed by atoms with E-state index in [1.807, 2.05) is 0 Å². The van der Waals surface area contributed by atoms with Crippen LogP contribution in [0.15, 0.2) is 5.10 Å². The quantitative estimate of drug-likeness (QED) is 0.316. The molecule has 4 nitrogen and oxygen atoms in total. The van der Waals surface area contributed by atoms with Crippen LogP contribution in [-0.2, 0) is 0 Å². The van der Waals surface area contributed by atoms with Crippen LogP contribution < -0.4 is 15.6 Å². The molecule has 2 unspecified atom stereocenters. The summed E-state index contributed by atoms with van der Waals surface area (Å²) in [7, 11) is 0. The first-order valence-corrected chi connectivity index (χ1v) is 6.23. The number of hydrogen-bond donors (Lipinski definition) is 3. The van der Waals surface area contributed by atoms with Crippen molar-refractivity contribution in [2.45, 2.75) is 13.3 Å². The zero-order chi connectivity index (χ0) is 10.5. The smallest absolute Gasteiger partial charge is 0.127 e. The number of fused-ring (bicyclic) bond motifs is 1. The molecule has 4 aliphatic heterocycles. The zero-order valence-corrected chi connectivity index (χ0v) is 9.55. The van der Waals surface area contributed by atoms with Gasteiger partial charge in [-0.2, -0.15) is 5.10 Å². The standard InChI is InChI=1S/C11H20N4/c1-2-11-7-14-3-4-15(8-11)6-9(5-14)10(11)13-12/h9H,2-8,12H2,1H3/p+2/b13-10-. The van der Waals surface area contributed by atoms with Gasteiger partial charge in [0.15, 0.2) is 0 Å². The lowest BCUT2D eigenvalue weighted by Crippen LogP contribution is -3.17. The van der Waals surface area contributed by atoms with E-state index in [2.05, 4.69) is 12.0 Å². The highest BCUT2D eigenvalue weighted by Gasteiger charge is 2.56. The Kier molecular flexibility index (Phi) is 2.04. The lowest BCUT2D eigenvalue weighted by atomic mass is 9.69. The van der Waals surface area contributed by atoms with Gasteiger partial charge in [0.25, 0.3) is 0 Å². The highest BCUT2D eigenvalue weighted by atomic mass is 15.3. The van der Waals surface area contributed by atoms with E-state index in [1.165, 1.54) is 51.4 Å². The number of rotatable bonds is 1. The molecule has 2 atom stereocenters. The van der Waals surface area contributed by atoms with E-state index < -0.39 is 0 Å². The third-order valence-corrected chi connectivity index (χ3v) is 4.82. The Labute approximate surface area is 91.1 Å². The molecule has 4 fully saturated rings. The highest BCUT2D eigenvalue weighted by Crippen LogP contribution is 2.29. The predicted octanol–water partition coefficient (Wildman–Crippen LogP) is -2.88. The first-order chi connectivity index (χ1) is 7.27. The lowest BCUT2D eigenvalue weighted by molar-refractivity contribution is -0.918. The molecular formula is C11H22N4+2. The minimum atomic E-state index is 0.344. The fourth-order valence-corrected chi connectivity index (χ4v) is 4.15. The van der Waals surface area contributed by atoms with Gasteiger partial charge in [0.1, 0.15) is 18.5 Å². The number of piperidine rings is 2. The summed E-state index contributed by atoms with van der Waals surface area (Å²) in [5.41, 5.74) is 1.69. The summed E-state index contributed by atoms with van der Waals surface area (Å²) in [6.07, 6.45) is 1.21. The molecule has 0 amide bonds. The summed E-state index contributed by atoms with van der Waals surface area (Å²) in [5, 5.41) is 4.16. The maximum atomic E-state index is 5.64. The highest BCUT2D eigenvalue weighted by molar-refractivity contribution is 5.93. The second-order valence-electron chi connectivity index (χ2n) is 5.61. The van der Waals surface area contributed by atoms with Crippen molar-refractivity contribution in [1.82, 2.24) is 0 Å². The normalized spacial score (nSPS) is 51.0. The maximum Gasteiger partial charge on any atom is 0.127 e. The number of quaternary nitrogens is 2. The molecule has 4 rings (SSSR count). The first kappa shape index (κ1) is 9.60. The van der Waals surface area contributed by atoms with Crippen molar-refractivity contribution in [1.29, 1.82) is 0 Å². The molecule has 0 aromatic heterocycles. The van der Waals surface area contributed by atoms with Gasteiger partial charge in [-0.3, -0.25) is 0 Å². The Morgan fingerprint density at radius 2 is 1.93 bits per heavy atom. The molecule has 4 N–H and O–H groups in total. The second kappa shape index (κ2) is 3.19. The van der Waals surface area contributed by atoms with Crippen LogP contribution in [0.3, 0.4) is 0 Å². The minimum absolute atomic E-state index is 0.344. The molecule has 15 heavy (non-hydrogen) atoms. The van der Waals surface area contributed by atoms with Crippen LogP contribution in [0.1, 0.15) is 13.3 Å². The van der Waals surface area contributed by atoms with Crippen molar-refractivity contribution in [2.24, 2.45) is 22.3 Å². The first-order valence-electron chi connectivity index (χ1n) is 6.23. The number of nitrogens with one attached hydrogen (secondary N) is 2. The Morgan fingerprint density at radius 1 is 1.33 bits per heavy atom. The van der Waals surface area contributed by atoms with Crippen LogP contribution in [0.2, 0.25) is 0 Å². The molecule has 4 aliphatic rings. The van der Waals surface area contributed by atoms with Crippen molar-refractivity contribution in [2.75, 3.05) is 39.3 Å². The molecule has 4 heteroatoms. The largest absolute Gasteiger partial charge is 0.329 e. The van der Waals surface area contributed by atoms with E-state index in [4.69, 9.17) is 5.84 Å². The Hall–Kier alpha value is -0.610. The van der Waals surface area contributed by atoms with Crippen LogP contribution in [0.25, 0.3) is 0 Å². The third kappa shape index (κ3) is 1.24. The molecule has 0 aromatic rings. The molecule has 0 spiro atoms. The van der Waals surface area contributed by atoms with Gasteiger partial charge >= 0.3 is 0 Å². The van der Waals surface area contributed by atoms with Crippen LogP contribution in [0.5, 0.6) is 0 Å². The Bertz CT molecular complexity index is 283. The summed E-state index contributed by atoms with van der Waals surface area (Å²) in [5.74, 6) is 6.31.